The molecule has 0 spiro atoms. The molecular weight excluding hydrogens is 231 g/mol. The highest BCUT2D eigenvalue weighted by Gasteiger charge is 2.39. The van der Waals surface area contributed by atoms with E-state index in [1.807, 2.05) is 0 Å². The first-order valence-electron chi connectivity index (χ1n) is 4.02. The lowest BCUT2D eigenvalue weighted by atomic mass is 10.2. The van der Waals surface area contributed by atoms with Gasteiger partial charge in [-0.25, -0.2) is 0 Å². The summed E-state index contributed by atoms with van der Waals surface area (Å²) in [6, 6.07) is 1.18. The Hall–Kier alpha value is -0.900. The fraction of sp³-hybridized carbons (Fsp3) is 0.750. The molecule has 1 atom stereocenters. The number of rotatable bonds is 5. The first-order valence-corrected chi connectivity index (χ1v) is 5.18. The molecule has 1 unspecified atom stereocenters. The van der Waals surface area contributed by atoms with E-state index in [1.165, 1.54) is 13.2 Å². The van der Waals surface area contributed by atoms with Crippen LogP contribution in [0.2, 0.25) is 0 Å². The number of esters is 1. The Balaban J connectivity index is 3.76. The number of carbonyl (C=O) groups excluding carboxylic acids is 1. The van der Waals surface area contributed by atoms with Gasteiger partial charge in [-0.3, -0.25) is 4.79 Å². The van der Waals surface area contributed by atoms with Crippen LogP contribution in [0.25, 0.3) is 0 Å². The summed E-state index contributed by atoms with van der Waals surface area (Å²) in [7, 11) is 1.21. The summed E-state index contributed by atoms with van der Waals surface area (Å²) in [4.78, 5) is 10.6. The second-order valence-electron chi connectivity index (χ2n) is 2.62. The fourth-order valence-corrected chi connectivity index (χ4v) is 1.64. The number of carbonyl (C=O) groups is 1. The van der Waals surface area contributed by atoms with Gasteiger partial charge in [-0.1, -0.05) is 0 Å². The van der Waals surface area contributed by atoms with E-state index in [4.69, 9.17) is 5.26 Å². The van der Waals surface area contributed by atoms with E-state index in [2.05, 4.69) is 4.74 Å². The monoisotopic (exact) mass is 241 g/mol. The summed E-state index contributed by atoms with van der Waals surface area (Å²) in [5.41, 5.74) is 0. The number of thioether (sulfide) groups is 1. The van der Waals surface area contributed by atoms with Crippen LogP contribution in [0.3, 0.4) is 0 Å². The van der Waals surface area contributed by atoms with Crippen LogP contribution in [0.5, 0.6) is 0 Å². The highest BCUT2D eigenvalue weighted by Crippen LogP contribution is 2.28. The SMILES string of the molecule is COC(=O)CCSCC(C#N)C(F)(F)F. The summed E-state index contributed by atoms with van der Waals surface area (Å²) in [5, 5.41) is 8.24. The van der Waals surface area contributed by atoms with Crippen LogP contribution in [0.15, 0.2) is 0 Å². The second-order valence-corrected chi connectivity index (χ2v) is 3.77. The van der Waals surface area contributed by atoms with Crippen LogP contribution in [-0.4, -0.2) is 30.8 Å². The van der Waals surface area contributed by atoms with Crippen molar-refractivity contribution in [3.8, 4) is 6.07 Å². The lowest BCUT2D eigenvalue weighted by Crippen LogP contribution is -2.23. The zero-order valence-corrected chi connectivity index (χ0v) is 8.82. The van der Waals surface area contributed by atoms with Gasteiger partial charge in [0.2, 0.25) is 0 Å². The summed E-state index contributed by atoms with van der Waals surface area (Å²) < 4.78 is 40.4. The quantitative estimate of drug-likeness (QED) is 0.545. The first-order chi connectivity index (χ1) is 6.91. The van der Waals surface area contributed by atoms with Gasteiger partial charge in [-0.05, 0) is 0 Å². The molecular formula is C8H10F3NO2S. The third-order valence-electron chi connectivity index (χ3n) is 1.51. The molecule has 0 radical (unpaired) electrons. The second kappa shape index (κ2) is 6.56. The molecule has 0 aliphatic heterocycles. The van der Waals surface area contributed by atoms with Crippen molar-refractivity contribution in [1.82, 2.24) is 0 Å². The zero-order chi connectivity index (χ0) is 11.9. The molecule has 0 aromatic carbocycles. The van der Waals surface area contributed by atoms with E-state index in [1.54, 1.807) is 0 Å². The van der Waals surface area contributed by atoms with E-state index in [0.29, 0.717) is 0 Å². The molecule has 3 nitrogen and oxygen atoms in total. The number of methoxy groups -OCH3 is 1. The molecule has 0 bridgehead atoms. The molecule has 0 N–H and O–H groups in total. The normalized spacial score (nSPS) is 13.0. The van der Waals surface area contributed by atoms with E-state index >= 15 is 0 Å². The topological polar surface area (TPSA) is 50.1 Å². The number of halogens is 3. The number of hydrogen-bond donors (Lipinski definition) is 0. The molecule has 0 saturated carbocycles. The molecule has 0 fully saturated rings. The molecule has 0 aliphatic rings. The van der Waals surface area contributed by atoms with Crippen LogP contribution in [0.1, 0.15) is 6.42 Å². The Morgan fingerprint density at radius 1 is 1.60 bits per heavy atom. The molecule has 7 heteroatoms. The van der Waals surface area contributed by atoms with Crippen molar-refractivity contribution in [2.75, 3.05) is 18.6 Å². The van der Waals surface area contributed by atoms with Gasteiger partial charge >= 0.3 is 12.1 Å². The van der Waals surface area contributed by atoms with Crippen LogP contribution in [0, 0.1) is 17.2 Å². The number of nitrogens with zero attached hydrogens (tertiary/aromatic N) is 1. The summed E-state index contributed by atoms with van der Waals surface area (Å²) in [6.07, 6.45) is -4.44. The first kappa shape index (κ1) is 14.1. The van der Waals surface area contributed by atoms with Crippen molar-refractivity contribution in [2.45, 2.75) is 12.6 Å². The molecule has 15 heavy (non-hydrogen) atoms. The van der Waals surface area contributed by atoms with Gasteiger partial charge in [0.15, 0.2) is 5.92 Å². The molecule has 0 rings (SSSR count). The predicted octanol–water partition coefficient (Wildman–Crippen LogP) is 1.98. The summed E-state index contributed by atoms with van der Waals surface area (Å²) >= 11 is 0.913. The van der Waals surface area contributed by atoms with Gasteiger partial charge in [0.05, 0.1) is 19.6 Å². The minimum Gasteiger partial charge on any atom is -0.469 e. The average molecular weight is 241 g/mol. The van der Waals surface area contributed by atoms with Gasteiger partial charge < -0.3 is 4.74 Å². The summed E-state index contributed by atoms with van der Waals surface area (Å²) in [5.74, 6) is -2.57. The summed E-state index contributed by atoms with van der Waals surface area (Å²) in [6.45, 7) is 0. The van der Waals surface area contributed by atoms with Crippen LogP contribution < -0.4 is 0 Å². The fourth-order valence-electron chi connectivity index (χ4n) is 0.664. The van der Waals surface area contributed by atoms with E-state index in [9.17, 15) is 18.0 Å². The molecule has 0 heterocycles. The van der Waals surface area contributed by atoms with Crippen molar-refractivity contribution in [3.63, 3.8) is 0 Å². The minimum atomic E-state index is -4.49. The third kappa shape index (κ3) is 6.23. The van der Waals surface area contributed by atoms with Gasteiger partial charge in [0, 0.05) is 11.5 Å². The number of hydrogen-bond acceptors (Lipinski definition) is 4. The van der Waals surface area contributed by atoms with E-state index in [0.717, 1.165) is 11.8 Å². The van der Waals surface area contributed by atoms with Gasteiger partial charge in [0.1, 0.15) is 0 Å². The molecule has 86 valence electrons. The highest BCUT2D eigenvalue weighted by atomic mass is 32.2. The maximum Gasteiger partial charge on any atom is 0.405 e. The smallest absolute Gasteiger partial charge is 0.405 e. The lowest BCUT2D eigenvalue weighted by molar-refractivity contribution is -0.152. The average Bonchev–Trinajstić information content (AvgIpc) is 2.15. The Labute approximate surface area is 89.6 Å². The van der Waals surface area contributed by atoms with E-state index < -0.39 is 18.1 Å². The number of nitriles is 1. The minimum absolute atomic E-state index is 0.0528. The Bertz CT molecular complexity index is 249. The maximum absolute atomic E-state index is 12.0. The van der Waals surface area contributed by atoms with Gasteiger partial charge in [-0.15, -0.1) is 0 Å². The van der Waals surface area contributed by atoms with Crippen molar-refractivity contribution < 1.29 is 22.7 Å². The zero-order valence-electron chi connectivity index (χ0n) is 8.00. The van der Waals surface area contributed by atoms with Crippen LogP contribution >= 0.6 is 11.8 Å². The molecule has 0 amide bonds. The van der Waals surface area contributed by atoms with E-state index in [-0.39, 0.29) is 17.9 Å². The largest absolute Gasteiger partial charge is 0.469 e. The lowest BCUT2D eigenvalue weighted by Gasteiger charge is -2.11. The van der Waals surface area contributed by atoms with Crippen LogP contribution in [-0.2, 0) is 9.53 Å². The van der Waals surface area contributed by atoms with Gasteiger partial charge in [0.25, 0.3) is 0 Å². The third-order valence-corrected chi connectivity index (χ3v) is 2.58. The maximum atomic E-state index is 12.0. The van der Waals surface area contributed by atoms with Crippen molar-refractivity contribution >= 4 is 17.7 Å². The Kier molecular flexibility index (Phi) is 6.17. The van der Waals surface area contributed by atoms with Crippen LogP contribution in [0.4, 0.5) is 13.2 Å². The van der Waals surface area contributed by atoms with Crippen molar-refractivity contribution in [3.05, 3.63) is 0 Å². The molecule has 0 aromatic heterocycles. The Morgan fingerprint density at radius 3 is 2.60 bits per heavy atom. The molecule has 0 saturated heterocycles. The Morgan fingerprint density at radius 2 is 2.20 bits per heavy atom. The van der Waals surface area contributed by atoms with Crippen molar-refractivity contribution in [1.29, 1.82) is 5.26 Å². The van der Waals surface area contributed by atoms with Gasteiger partial charge in [-0.2, -0.15) is 30.2 Å². The molecule has 0 aromatic rings. The van der Waals surface area contributed by atoms with Crippen molar-refractivity contribution in [2.24, 2.45) is 5.92 Å². The number of alkyl halides is 3. The molecule has 0 aliphatic carbocycles. The number of ether oxygens (including phenoxy) is 1. The highest BCUT2D eigenvalue weighted by molar-refractivity contribution is 7.99. The predicted molar refractivity (Wildman–Crippen MR) is 49.1 cm³/mol. The standard InChI is InChI=1S/C8H10F3NO2S/c1-14-7(13)2-3-15-5-6(4-12)8(9,10)11/h6H,2-3,5H2,1H3.